The van der Waals surface area contributed by atoms with Gasteiger partial charge in [-0.3, -0.25) is 14.5 Å². The highest BCUT2D eigenvalue weighted by Crippen LogP contribution is 2.22. The third kappa shape index (κ3) is 4.26. The zero-order chi connectivity index (χ0) is 17.8. The predicted octanol–water partition coefficient (Wildman–Crippen LogP) is 2.33. The molecule has 2 heterocycles. The largest absolute Gasteiger partial charge is 0.352 e. The number of nitrogens with one attached hydrogen (secondary N) is 1. The SMILES string of the molecule is Cc1ccc(CNC(=O)CCC(=O)N2CCCn3nc(C)cc32)cc1. The van der Waals surface area contributed by atoms with Gasteiger partial charge in [0.1, 0.15) is 5.82 Å². The quantitative estimate of drug-likeness (QED) is 0.908. The summed E-state index contributed by atoms with van der Waals surface area (Å²) in [4.78, 5) is 26.3. The zero-order valence-electron chi connectivity index (χ0n) is 14.8. The lowest BCUT2D eigenvalue weighted by atomic mass is 10.1. The molecule has 25 heavy (non-hydrogen) atoms. The number of hydrogen-bond acceptors (Lipinski definition) is 3. The minimum atomic E-state index is -0.101. The Balaban J connectivity index is 1.49. The molecule has 0 unspecified atom stereocenters. The number of benzene rings is 1. The molecule has 1 aliphatic heterocycles. The smallest absolute Gasteiger partial charge is 0.228 e. The van der Waals surface area contributed by atoms with Gasteiger partial charge < -0.3 is 5.32 Å². The number of amides is 2. The average Bonchev–Trinajstić information content (AvgIpc) is 2.99. The molecule has 0 fully saturated rings. The molecule has 2 amide bonds. The third-order valence-electron chi connectivity index (χ3n) is 4.39. The normalized spacial score (nSPS) is 13.4. The number of fused-ring (bicyclic) bond motifs is 1. The van der Waals surface area contributed by atoms with Crippen molar-refractivity contribution >= 4 is 17.6 Å². The number of hydrogen-bond donors (Lipinski definition) is 1. The first-order chi connectivity index (χ1) is 12.0. The molecule has 1 N–H and O–H groups in total. The number of anilines is 1. The molecule has 6 heteroatoms. The van der Waals surface area contributed by atoms with Gasteiger partial charge in [0, 0.05) is 38.5 Å². The van der Waals surface area contributed by atoms with Crippen molar-refractivity contribution in [3.63, 3.8) is 0 Å². The standard InChI is InChI=1S/C19H24N4O2/c1-14-4-6-16(7-5-14)13-20-17(24)8-9-19(25)22-10-3-11-23-18(22)12-15(2)21-23/h4-7,12H,3,8-11,13H2,1-2H3,(H,20,24). The van der Waals surface area contributed by atoms with Crippen LogP contribution in [0.1, 0.15) is 36.1 Å². The minimum Gasteiger partial charge on any atom is -0.352 e. The maximum Gasteiger partial charge on any atom is 0.228 e. The zero-order valence-corrected chi connectivity index (χ0v) is 14.8. The van der Waals surface area contributed by atoms with Crippen LogP contribution in [0.3, 0.4) is 0 Å². The second-order valence-corrected chi connectivity index (χ2v) is 6.53. The van der Waals surface area contributed by atoms with Gasteiger partial charge in [0.2, 0.25) is 11.8 Å². The molecule has 0 saturated heterocycles. The van der Waals surface area contributed by atoms with E-state index in [1.807, 2.05) is 48.9 Å². The van der Waals surface area contributed by atoms with Gasteiger partial charge in [0.05, 0.1) is 5.69 Å². The number of nitrogens with zero attached hydrogens (tertiary/aromatic N) is 3. The van der Waals surface area contributed by atoms with E-state index in [1.54, 1.807) is 4.90 Å². The Bertz CT molecular complexity index is 764. The van der Waals surface area contributed by atoms with Gasteiger partial charge in [-0.05, 0) is 25.8 Å². The van der Waals surface area contributed by atoms with Crippen molar-refractivity contribution < 1.29 is 9.59 Å². The predicted molar refractivity (Wildman–Crippen MR) is 96.2 cm³/mol. The van der Waals surface area contributed by atoms with Gasteiger partial charge in [0.25, 0.3) is 0 Å². The summed E-state index contributed by atoms with van der Waals surface area (Å²) < 4.78 is 1.87. The van der Waals surface area contributed by atoms with Gasteiger partial charge in [-0.15, -0.1) is 0 Å². The van der Waals surface area contributed by atoms with E-state index >= 15 is 0 Å². The molecule has 1 aromatic carbocycles. The van der Waals surface area contributed by atoms with E-state index in [-0.39, 0.29) is 24.7 Å². The molecule has 0 bridgehead atoms. The lowest BCUT2D eigenvalue weighted by Gasteiger charge is -2.27. The first-order valence-electron chi connectivity index (χ1n) is 8.70. The van der Waals surface area contributed by atoms with Crippen molar-refractivity contribution in [3.8, 4) is 0 Å². The highest BCUT2D eigenvalue weighted by molar-refractivity contribution is 5.95. The molecule has 0 radical (unpaired) electrons. The molecule has 1 aromatic heterocycles. The van der Waals surface area contributed by atoms with Crippen LogP contribution in [-0.4, -0.2) is 28.1 Å². The lowest BCUT2D eigenvalue weighted by Crippen LogP contribution is -2.38. The van der Waals surface area contributed by atoms with Gasteiger partial charge in [-0.2, -0.15) is 5.10 Å². The lowest BCUT2D eigenvalue weighted by molar-refractivity contribution is -0.125. The maximum atomic E-state index is 12.5. The van der Waals surface area contributed by atoms with Gasteiger partial charge in [0.15, 0.2) is 0 Å². The molecule has 0 saturated carbocycles. The average molecular weight is 340 g/mol. The summed E-state index contributed by atoms with van der Waals surface area (Å²) in [5, 5.41) is 7.26. The van der Waals surface area contributed by atoms with E-state index in [0.29, 0.717) is 13.1 Å². The summed E-state index contributed by atoms with van der Waals surface area (Å²) in [5.41, 5.74) is 3.16. The molecule has 1 aliphatic rings. The summed E-state index contributed by atoms with van der Waals surface area (Å²) in [6.07, 6.45) is 1.30. The van der Waals surface area contributed by atoms with E-state index in [1.165, 1.54) is 5.56 Å². The number of aromatic nitrogens is 2. The molecule has 6 nitrogen and oxygen atoms in total. The first-order valence-corrected chi connectivity index (χ1v) is 8.70. The second-order valence-electron chi connectivity index (χ2n) is 6.53. The summed E-state index contributed by atoms with van der Waals surface area (Å²) in [6.45, 7) is 5.97. The number of carbonyl (C=O) groups is 2. The third-order valence-corrected chi connectivity index (χ3v) is 4.39. The minimum absolute atomic E-state index is 0.0219. The Kier molecular flexibility index (Phi) is 5.16. The van der Waals surface area contributed by atoms with Crippen molar-refractivity contribution in [2.75, 3.05) is 11.4 Å². The van der Waals surface area contributed by atoms with E-state index < -0.39 is 0 Å². The molecular weight excluding hydrogens is 316 g/mol. The first kappa shape index (κ1) is 17.2. The number of rotatable bonds is 5. The van der Waals surface area contributed by atoms with Crippen LogP contribution in [0.5, 0.6) is 0 Å². The van der Waals surface area contributed by atoms with Crippen molar-refractivity contribution in [1.82, 2.24) is 15.1 Å². The highest BCUT2D eigenvalue weighted by Gasteiger charge is 2.24. The Morgan fingerprint density at radius 1 is 1.12 bits per heavy atom. The molecule has 132 valence electrons. The maximum absolute atomic E-state index is 12.5. The molecule has 0 spiro atoms. The fraction of sp³-hybridized carbons (Fsp3) is 0.421. The summed E-state index contributed by atoms with van der Waals surface area (Å²) in [5.74, 6) is 0.718. The van der Waals surface area contributed by atoms with Crippen LogP contribution in [-0.2, 0) is 22.7 Å². The van der Waals surface area contributed by atoms with E-state index in [2.05, 4.69) is 10.4 Å². The van der Waals surface area contributed by atoms with Crippen LogP contribution in [0.4, 0.5) is 5.82 Å². The van der Waals surface area contributed by atoms with E-state index in [9.17, 15) is 9.59 Å². The van der Waals surface area contributed by atoms with Gasteiger partial charge in [-0.1, -0.05) is 29.8 Å². The van der Waals surface area contributed by atoms with Crippen molar-refractivity contribution in [3.05, 3.63) is 47.2 Å². The number of aryl methyl sites for hydroxylation is 3. The second kappa shape index (κ2) is 7.51. The Morgan fingerprint density at radius 3 is 2.64 bits per heavy atom. The van der Waals surface area contributed by atoms with Crippen molar-refractivity contribution in [1.29, 1.82) is 0 Å². The van der Waals surface area contributed by atoms with Crippen molar-refractivity contribution in [2.45, 2.75) is 46.2 Å². The molecule has 0 aliphatic carbocycles. The molecular formula is C19H24N4O2. The van der Waals surface area contributed by atoms with Crippen LogP contribution in [0, 0.1) is 13.8 Å². The fourth-order valence-electron chi connectivity index (χ4n) is 3.01. The topological polar surface area (TPSA) is 67.2 Å². The van der Waals surface area contributed by atoms with Gasteiger partial charge >= 0.3 is 0 Å². The van der Waals surface area contributed by atoms with Crippen LogP contribution in [0.2, 0.25) is 0 Å². The van der Waals surface area contributed by atoms with E-state index in [0.717, 1.165) is 30.0 Å². The van der Waals surface area contributed by atoms with Crippen LogP contribution in [0.25, 0.3) is 0 Å². The summed E-state index contributed by atoms with van der Waals surface area (Å²) in [7, 11) is 0. The van der Waals surface area contributed by atoms with Crippen molar-refractivity contribution in [2.24, 2.45) is 0 Å². The fourth-order valence-corrected chi connectivity index (χ4v) is 3.01. The highest BCUT2D eigenvalue weighted by atomic mass is 16.2. The van der Waals surface area contributed by atoms with E-state index in [4.69, 9.17) is 0 Å². The monoisotopic (exact) mass is 340 g/mol. The Morgan fingerprint density at radius 2 is 1.88 bits per heavy atom. The van der Waals surface area contributed by atoms with Crippen LogP contribution in [0.15, 0.2) is 30.3 Å². The summed E-state index contributed by atoms with van der Waals surface area (Å²) >= 11 is 0. The Hall–Kier alpha value is -2.63. The van der Waals surface area contributed by atoms with Crippen LogP contribution >= 0.6 is 0 Å². The summed E-state index contributed by atoms with van der Waals surface area (Å²) in [6, 6.07) is 9.96. The molecule has 0 atom stereocenters. The molecule has 2 aromatic rings. The van der Waals surface area contributed by atoms with Crippen LogP contribution < -0.4 is 10.2 Å². The van der Waals surface area contributed by atoms with Gasteiger partial charge in [-0.25, -0.2) is 4.68 Å². The Labute approximate surface area is 147 Å². The number of carbonyl (C=O) groups excluding carboxylic acids is 2. The molecule has 3 rings (SSSR count).